The highest BCUT2D eigenvalue weighted by molar-refractivity contribution is 6.03. The van der Waals surface area contributed by atoms with Crippen LogP contribution in [0.3, 0.4) is 0 Å². The van der Waals surface area contributed by atoms with Gasteiger partial charge in [-0.3, -0.25) is 4.79 Å². The van der Waals surface area contributed by atoms with Crippen molar-refractivity contribution in [2.45, 2.75) is 19.4 Å². The molecule has 0 aliphatic carbocycles. The van der Waals surface area contributed by atoms with Gasteiger partial charge < -0.3 is 10.6 Å². The minimum atomic E-state index is -0.116. The van der Waals surface area contributed by atoms with Crippen LogP contribution in [-0.4, -0.2) is 19.0 Å². The molecule has 0 aliphatic heterocycles. The van der Waals surface area contributed by atoms with Crippen molar-refractivity contribution in [3.05, 3.63) is 42.5 Å². The van der Waals surface area contributed by atoms with Crippen molar-refractivity contribution in [1.29, 1.82) is 0 Å². The Morgan fingerprint density at radius 2 is 1.89 bits per heavy atom. The van der Waals surface area contributed by atoms with Crippen molar-refractivity contribution in [2.75, 3.05) is 11.9 Å². The zero-order valence-corrected chi connectivity index (χ0v) is 10.8. The number of benzene rings is 2. The number of amides is 1. The Morgan fingerprint density at radius 3 is 2.61 bits per heavy atom. The van der Waals surface area contributed by atoms with E-state index in [-0.39, 0.29) is 11.9 Å². The van der Waals surface area contributed by atoms with Crippen molar-refractivity contribution in [2.24, 2.45) is 5.73 Å². The molecule has 2 N–H and O–H groups in total. The summed E-state index contributed by atoms with van der Waals surface area (Å²) in [5.74, 6) is 0.0429. The highest BCUT2D eigenvalue weighted by Gasteiger charge is 2.14. The van der Waals surface area contributed by atoms with E-state index in [1.807, 2.05) is 49.4 Å². The molecule has 2 aromatic carbocycles. The second-order valence-electron chi connectivity index (χ2n) is 4.63. The van der Waals surface area contributed by atoms with Crippen LogP contribution in [0.1, 0.15) is 13.3 Å². The first-order valence-corrected chi connectivity index (χ1v) is 6.09. The molecule has 3 heteroatoms. The number of nitrogens with zero attached hydrogens (tertiary/aromatic N) is 1. The van der Waals surface area contributed by atoms with Gasteiger partial charge in [0.2, 0.25) is 5.91 Å². The van der Waals surface area contributed by atoms with Gasteiger partial charge in [-0.2, -0.15) is 0 Å². The molecule has 0 radical (unpaired) electrons. The summed E-state index contributed by atoms with van der Waals surface area (Å²) in [4.78, 5) is 13.7. The van der Waals surface area contributed by atoms with Gasteiger partial charge in [-0.25, -0.2) is 0 Å². The summed E-state index contributed by atoms with van der Waals surface area (Å²) in [6.45, 7) is 1.84. The minimum Gasteiger partial charge on any atom is -0.327 e. The predicted octanol–water partition coefficient (Wildman–Crippen LogP) is 2.54. The highest BCUT2D eigenvalue weighted by atomic mass is 16.2. The Kier molecular flexibility index (Phi) is 3.63. The van der Waals surface area contributed by atoms with E-state index in [0.29, 0.717) is 6.42 Å². The van der Waals surface area contributed by atoms with Crippen LogP contribution in [0.4, 0.5) is 5.69 Å². The number of hydrogen-bond donors (Lipinski definition) is 1. The number of carbonyl (C=O) groups is 1. The zero-order valence-electron chi connectivity index (χ0n) is 10.8. The summed E-state index contributed by atoms with van der Waals surface area (Å²) in [6, 6.07) is 13.9. The summed E-state index contributed by atoms with van der Waals surface area (Å²) in [7, 11) is 1.80. The van der Waals surface area contributed by atoms with E-state index in [2.05, 4.69) is 0 Å². The number of fused-ring (bicyclic) bond motifs is 1. The molecule has 1 atom stereocenters. The van der Waals surface area contributed by atoms with Gasteiger partial charge in [0.05, 0.1) is 5.69 Å². The van der Waals surface area contributed by atoms with Crippen molar-refractivity contribution < 1.29 is 4.79 Å². The lowest BCUT2D eigenvalue weighted by Gasteiger charge is -2.20. The molecule has 0 aliphatic rings. The smallest absolute Gasteiger partial charge is 0.228 e. The second-order valence-corrected chi connectivity index (χ2v) is 4.63. The Labute approximate surface area is 107 Å². The molecule has 0 aromatic heterocycles. The van der Waals surface area contributed by atoms with Crippen LogP contribution in [0.5, 0.6) is 0 Å². The van der Waals surface area contributed by atoms with E-state index in [1.165, 1.54) is 0 Å². The maximum atomic E-state index is 12.0. The first kappa shape index (κ1) is 12.6. The summed E-state index contributed by atoms with van der Waals surface area (Å²) in [5, 5.41) is 2.22. The van der Waals surface area contributed by atoms with Gasteiger partial charge in [-0.15, -0.1) is 0 Å². The lowest BCUT2D eigenvalue weighted by Crippen LogP contribution is -2.31. The zero-order chi connectivity index (χ0) is 13.1. The maximum absolute atomic E-state index is 12.0. The third-order valence-corrected chi connectivity index (χ3v) is 3.00. The van der Waals surface area contributed by atoms with Gasteiger partial charge in [0.25, 0.3) is 0 Å². The summed E-state index contributed by atoms with van der Waals surface area (Å²) in [5.41, 5.74) is 6.60. The van der Waals surface area contributed by atoms with Crippen molar-refractivity contribution in [3.63, 3.8) is 0 Å². The van der Waals surface area contributed by atoms with Gasteiger partial charge >= 0.3 is 0 Å². The van der Waals surface area contributed by atoms with E-state index < -0.39 is 0 Å². The molecule has 1 amide bonds. The predicted molar refractivity (Wildman–Crippen MR) is 75.6 cm³/mol. The summed E-state index contributed by atoms with van der Waals surface area (Å²) < 4.78 is 0. The van der Waals surface area contributed by atoms with E-state index in [1.54, 1.807) is 11.9 Å². The van der Waals surface area contributed by atoms with Crippen LogP contribution >= 0.6 is 0 Å². The first-order valence-electron chi connectivity index (χ1n) is 6.09. The number of hydrogen-bond acceptors (Lipinski definition) is 2. The molecule has 0 spiro atoms. The lowest BCUT2D eigenvalue weighted by atomic mass is 10.1. The summed E-state index contributed by atoms with van der Waals surface area (Å²) >= 11 is 0. The van der Waals surface area contributed by atoms with E-state index in [4.69, 9.17) is 5.73 Å². The van der Waals surface area contributed by atoms with Crippen LogP contribution in [0, 0.1) is 0 Å². The molecule has 94 valence electrons. The number of nitrogens with two attached hydrogens (primary N) is 1. The summed E-state index contributed by atoms with van der Waals surface area (Å²) in [6.07, 6.45) is 0.361. The first-order chi connectivity index (χ1) is 8.59. The fraction of sp³-hybridized carbons (Fsp3) is 0.267. The molecule has 0 bridgehead atoms. The highest BCUT2D eigenvalue weighted by Crippen LogP contribution is 2.26. The molecule has 2 rings (SSSR count). The topological polar surface area (TPSA) is 46.3 Å². The Hall–Kier alpha value is -1.87. The second kappa shape index (κ2) is 5.19. The molecule has 0 heterocycles. The van der Waals surface area contributed by atoms with Crippen LogP contribution in [0.15, 0.2) is 42.5 Å². The lowest BCUT2D eigenvalue weighted by molar-refractivity contribution is -0.118. The fourth-order valence-electron chi connectivity index (χ4n) is 2.05. The van der Waals surface area contributed by atoms with Crippen LogP contribution < -0.4 is 10.6 Å². The van der Waals surface area contributed by atoms with Crippen LogP contribution in [0.2, 0.25) is 0 Å². The molecule has 0 saturated heterocycles. The van der Waals surface area contributed by atoms with Crippen molar-refractivity contribution >= 4 is 22.4 Å². The van der Waals surface area contributed by atoms with E-state index >= 15 is 0 Å². The van der Waals surface area contributed by atoms with Gasteiger partial charge in [0, 0.05) is 24.9 Å². The quantitative estimate of drug-likeness (QED) is 0.899. The van der Waals surface area contributed by atoms with Crippen LogP contribution in [-0.2, 0) is 4.79 Å². The minimum absolute atomic E-state index is 0.0429. The third-order valence-electron chi connectivity index (χ3n) is 3.00. The fourth-order valence-corrected chi connectivity index (χ4v) is 2.05. The van der Waals surface area contributed by atoms with E-state index in [9.17, 15) is 4.79 Å². The molecule has 0 fully saturated rings. The Balaban J connectivity index is 2.38. The molecule has 0 saturated carbocycles. The largest absolute Gasteiger partial charge is 0.327 e. The number of rotatable bonds is 3. The average Bonchev–Trinajstić information content (AvgIpc) is 2.36. The van der Waals surface area contributed by atoms with Gasteiger partial charge in [-0.05, 0) is 18.4 Å². The third kappa shape index (κ3) is 2.51. The molecule has 1 unspecified atom stereocenters. The van der Waals surface area contributed by atoms with Gasteiger partial charge in [0.1, 0.15) is 0 Å². The maximum Gasteiger partial charge on any atom is 0.228 e. The Bertz CT molecular complexity index is 558. The average molecular weight is 242 g/mol. The number of anilines is 1. The Morgan fingerprint density at radius 1 is 1.22 bits per heavy atom. The molecule has 2 aromatic rings. The van der Waals surface area contributed by atoms with Gasteiger partial charge in [-0.1, -0.05) is 36.4 Å². The van der Waals surface area contributed by atoms with Crippen molar-refractivity contribution in [3.8, 4) is 0 Å². The standard InChI is InChI=1S/C15H18N2O/c1-11(16)10-15(18)17(2)14-9-5-7-12-6-3-4-8-13(12)14/h3-9,11H,10,16H2,1-2H3. The monoisotopic (exact) mass is 242 g/mol. The molecule has 18 heavy (non-hydrogen) atoms. The molecule has 3 nitrogen and oxygen atoms in total. The van der Waals surface area contributed by atoms with Gasteiger partial charge in [0.15, 0.2) is 0 Å². The molecular formula is C15H18N2O. The SMILES string of the molecule is CC(N)CC(=O)N(C)c1cccc2ccccc12. The number of carbonyl (C=O) groups excluding carboxylic acids is 1. The van der Waals surface area contributed by atoms with Crippen molar-refractivity contribution in [1.82, 2.24) is 0 Å². The normalized spacial score (nSPS) is 12.4. The van der Waals surface area contributed by atoms with Crippen LogP contribution in [0.25, 0.3) is 10.8 Å². The molecular weight excluding hydrogens is 224 g/mol. The van der Waals surface area contributed by atoms with E-state index in [0.717, 1.165) is 16.5 Å².